The van der Waals surface area contributed by atoms with Gasteiger partial charge in [-0.1, -0.05) is 12.1 Å². The first kappa shape index (κ1) is 20.8. The van der Waals surface area contributed by atoms with Crippen LogP contribution in [-0.4, -0.2) is 13.0 Å². The van der Waals surface area contributed by atoms with Gasteiger partial charge < -0.3 is 10.6 Å². The van der Waals surface area contributed by atoms with Gasteiger partial charge in [-0.25, -0.2) is 0 Å². The summed E-state index contributed by atoms with van der Waals surface area (Å²) in [6, 6.07) is 9.21. The second-order valence-electron chi connectivity index (χ2n) is 4.99. The fraction of sp³-hybridized carbons (Fsp3) is 0.312. The molecule has 2 N–H and O–H groups in total. The Kier molecular flexibility index (Phi) is 8.01. The van der Waals surface area contributed by atoms with Gasteiger partial charge in [-0.2, -0.15) is 13.2 Å². The highest BCUT2D eigenvalue weighted by atomic mass is 127. The number of nitrogens with one attached hydrogen (secondary N) is 2. The van der Waals surface area contributed by atoms with E-state index in [0.717, 1.165) is 17.7 Å². The van der Waals surface area contributed by atoms with E-state index in [2.05, 4.69) is 27.8 Å². The van der Waals surface area contributed by atoms with E-state index in [9.17, 15) is 13.2 Å². The van der Waals surface area contributed by atoms with Crippen molar-refractivity contribution in [2.75, 3.05) is 7.05 Å². The van der Waals surface area contributed by atoms with E-state index in [1.807, 2.05) is 6.92 Å². The predicted molar refractivity (Wildman–Crippen MR) is 103 cm³/mol. The number of benzene rings is 1. The third-order valence-corrected chi connectivity index (χ3v) is 4.19. The van der Waals surface area contributed by atoms with Crippen LogP contribution in [0, 0.1) is 6.92 Å². The quantitative estimate of drug-likeness (QED) is 0.392. The van der Waals surface area contributed by atoms with Crippen LogP contribution in [0.5, 0.6) is 0 Å². The molecule has 2 aromatic rings. The van der Waals surface area contributed by atoms with Crippen molar-refractivity contribution in [1.82, 2.24) is 10.6 Å². The Labute approximate surface area is 160 Å². The van der Waals surface area contributed by atoms with Crippen molar-refractivity contribution in [3.8, 4) is 0 Å². The van der Waals surface area contributed by atoms with Crippen molar-refractivity contribution in [3.63, 3.8) is 0 Å². The lowest BCUT2D eigenvalue weighted by atomic mass is 10.1. The number of alkyl halides is 3. The van der Waals surface area contributed by atoms with Gasteiger partial charge in [0.2, 0.25) is 0 Å². The first-order chi connectivity index (χ1) is 10.9. The number of guanidine groups is 1. The summed E-state index contributed by atoms with van der Waals surface area (Å²) in [6.45, 7) is 3.11. The molecule has 0 atom stereocenters. The molecular formula is C16H19F3IN3S. The summed E-state index contributed by atoms with van der Waals surface area (Å²) in [7, 11) is 1.65. The van der Waals surface area contributed by atoms with Gasteiger partial charge in [-0.15, -0.1) is 35.3 Å². The van der Waals surface area contributed by atoms with E-state index in [1.165, 1.54) is 21.9 Å². The molecule has 0 aliphatic rings. The fourth-order valence-electron chi connectivity index (χ4n) is 1.97. The number of hydrogen-bond acceptors (Lipinski definition) is 2. The maximum absolute atomic E-state index is 12.5. The van der Waals surface area contributed by atoms with Gasteiger partial charge in [0.05, 0.1) is 12.1 Å². The normalized spacial score (nSPS) is 11.8. The molecule has 0 saturated heterocycles. The summed E-state index contributed by atoms with van der Waals surface area (Å²) in [5.41, 5.74) is 0.116. The van der Waals surface area contributed by atoms with Crippen molar-refractivity contribution >= 4 is 41.3 Å². The second-order valence-corrected chi connectivity index (χ2v) is 6.36. The SMILES string of the molecule is CN=C(NCc1ccc(C(F)(F)F)cc1)NCc1ccc(C)s1.I. The average molecular weight is 469 g/mol. The maximum Gasteiger partial charge on any atom is 0.416 e. The molecule has 2 rings (SSSR count). The minimum Gasteiger partial charge on any atom is -0.352 e. The van der Waals surface area contributed by atoms with Crippen LogP contribution in [0.3, 0.4) is 0 Å². The fourth-order valence-corrected chi connectivity index (χ4v) is 2.80. The second kappa shape index (κ2) is 9.26. The highest BCUT2D eigenvalue weighted by Crippen LogP contribution is 2.29. The van der Waals surface area contributed by atoms with Gasteiger partial charge in [0, 0.05) is 23.3 Å². The molecule has 1 heterocycles. The molecule has 132 valence electrons. The lowest BCUT2D eigenvalue weighted by Gasteiger charge is -2.12. The van der Waals surface area contributed by atoms with Gasteiger partial charge in [0.1, 0.15) is 0 Å². The number of aliphatic imine (C=N–C) groups is 1. The van der Waals surface area contributed by atoms with Crippen LogP contribution in [0.1, 0.15) is 20.9 Å². The summed E-state index contributed by atoms with van der Waals surface area (Å²) < 4.78 is 37.5. The highest BCUT2D eigenvalue weighted by molar-refractivity contribution is 14.0. The minimum atomic E-state index is -4.30. The average Bonchev–Trinajstić information content (AvgIpc) is 2.92. The van der Waals surface area contributed by atoms with Crippen LogP contribution >= 0.6 is 35.3 Å². The van der Waals surface area contributed by atoms with Crippen molar-refractivity contribution in [3.05, 3.63) is 57.3 Å². The van der Waals surface area contributed by atoms with Gasteiger partial charge in [0.25, 0.3) is 0 Å². The largest absolute Gasteiger partial charge is 0.416 e. The zero-order chi connectivity index (χ0) is 16.9. The van der Waals surface area contributed by atoms with Gasteiger partial charge in [-0.3, -0.25) is 4.99 Å². The number of hydrogen-bond donors (Lipinski definition) is 2. The summed E-state index contributed by atoms with van der Waals surface area (Å²) in [5.74, 6) is 0.607. The van der Waals surface area contributed by atoms with E-state index in [0.29, 0.717) is 19.0 Å². The molecule has 3 nitrogen and oxygen atoms in total. The standard InChI is InChI=1S/C16H18F3N3S.HI/c1-11-3-8-14(23-11)10-22-15(20-2)21-9-12-4-6-13(7-5-12)16(17,18)19;/h3-8H,9-10H2,1-2H3,(H2,20,21,22);1H. The smallest absolute Gasteiger partial charge is 0.352 e. The summed E-state index contributed by atoms with van der Waals surface area (Å²) in [4.78, 5) is 6.54. The first-order valence-corrected chi connectivity index (χ1v) is 7.86. The Balaban J connectivity index is 0.00000288. The monoisotopic (exact) mass is 469 g/mol. The zero-order valence-corrected chi connectivity index (χ0v) is 16.4. The Bertz CT molecular complexity index is 666. The molecule has 0 radical (unpaired) electrons. The third kappa shape index (κ3) is 6.31. The van der Waals surface area contributed by atoms with Crippen molar-refractivity contribution in [2.24, 2.45) is 4.99 Å². The van der Waals surface area contributed by atoms with Crippen LogP contribution in [0.25, 0.3) is 0 Å². The predicted octanol–water partition coefficient (Wildman–Crippen LogP) is 4.56. The maximum atomic E-state index is 12.5. The Morgan fingerprint density at radius 2 is 1.67 bits per heavy atom. The Hall–Kier alpha value is -1.29. The third-order valence-electron chi connectivity index (χ3n) is 3.19. The summed E-state index contributed by atoms with van der Waals surface area (Å²) >= 11 is 1.71. The van der Waals surface area contributed by atoms with Crippen molar-refractivity contribution in [2.45, 2.75) is 26.2 Å². The van der Waals surface area contributed by atoms with Crippen LogP contribution in [0.4, 0.5) is 13.2 Å². The highest BCUT2D eigenvalue weighted by Gasteiger charge is 2.29. The van der Waals surface area contributed by atoms with Gasteiger partial charge >= 0.3 is 6.18 Å². The van der Waals surface area contributed by atoms with E-state index in [1.54, 1.807) is 18.4 Å². The lowest BCUT2D eigenvalue weighted by Crippen LogP contribution is -2.36. The Morgan fingerprint density at radius 3 is 2.17 bits per heavy atom. The van der Waals surface area contributed by atoms with Gasteiger partial charge in [0.15, 0.2) is 5.96 Å². The molecule has 0 unspecified atom stereocenters. The molecule has 0 bridgehead atoms. The van der Waals surface area contributed by atoms with E-state index < -0.39 is 11.7 Å². The number of nitrogens with zero attached hydrogens (tertiary/aromatic N) is 1. The number of thiophene rings is 1. The molecule has 0 amide bonds. The van der Waals surface area contributed by atoms with E-state index >= 15 is 0 Å². The number of halogens is 4. The topological polar surface area (TPSA) is 36.4 Å². The molecule has 0 saturated carbocycles. The molecule has 0 fully saturated rings. The molecule has 0 aliphatic carbocycles. The van der Waals surface area contributed by atoms with Crippen LogP contribution < -0.4 is 10.6 Å². The molecule has 0 aliphatic heterocycles. The van der Waals surface area contributed by atoms with Crippen molar-refractivity contribution < 1.29 is 13.2 Å². The molecule has 1 aromatic carbocycles. The van der Waals surface area contributed by atoms with E-state index in [4.69, 9.17) is 0 Å². The summed E-state index contributed by atoms with van der Waals surface area (Å²) in [6.07, 6.45) is -4.30. The molecule has 8 heteroatoms. The summed E-state index contributed by atoms with van der Waals surface area (Å²) in [5, 5.41) is 6.26. The van der Waals surface area contributed by atoms with Crippen LogP contribution in [0.15, 0.2) is 41.4 Å². The van der Waals surface area contributed by atoms with Gasteiger partial charge in [-0.05, 0) is 36.8 Å². The number of rotatable bonds is 4. The molecule has 1 aromatic heterocycles. The van der Waals surface area contributed by atoms with Crippen LogP contribution in [0.2, 0.25) is 0 Å². The Morgan fingerprint density at radius 1 is 1.04 bits per heavy atom. The lowest BCUT2D eigenvalue weighted by molar-refractivity contribution is -0.137. The molecule has 24 heavy (non-hydrogen) atoms. The van der Waals surface area contributed by atoms with E-state index in [-0.39, 0.29) is 24.0 Å². The zero-order valence-electron chi connectivity index (χ0n) is 13.3. The van der Waals surface area contributed by atoms with Crippen LogP contribution in [-0.2, 0) is 19.3 Å². The molecule has 0 spiro atoms. The minimum absolute atomic E-state index is 0. The molecular weight excluding hydrogens is 450 g/mol. The van der Waals surface area contributed by atoms with Crippen molar-refractivity contribution in [1.29, 1.82) is 0 Å². The number of aryl methyl sites for hydroxylation is 1. The first-order valence-electron chi connectivity index (χ1n) is 7.04.